The van der Waals surface area contributed by atoms with Crippen molar-refractivity contribution in [3.8, 4) is 5.75 Å². The second kappa shape index (κ2) is 13.0. The first-order valence-electron chi connectivity index (χ1n) is 8.95. The fourth-order valence-corrected chi connectivity index (χ4v) is 2.15. The van der Waals surface area contributed by atoms with Crippen LogP contribution in [0.3, 0.4) is 0 Å². The molecule has 0 spiro atoms. The molecule has 0 aliphatic rings. The highest BCUT2D eigenvalue weighted by molar-refractivity contribution is 5.75. The van der Waals surface area contributed by atoms with Crippen molar-refractivity contribution in [2.45, 2.75) is 46.1 Å². The van der Waals surface area contributed by atoms with E-state index in [1.165, 1.54) is 5.56 Å². The van der Waals surface area contributed by atoms with Crippen molar-refractivity contribution < 1.29 is 9.53 Å². The largest absolute Gasteiger partial charge is 0.487 e. The van der Waals surface area contributed by atoms with E-state index in [4.69, 9.17) is 10.5 Å². The first-order chi connectivity index (χ1) is 12.2. The summed E-state index contributed by atoms with van der Waals surface area (Å²) in [7, 11) is 0. The maximum atomic E-state index is 10.8. The van der Waals surface area contributed by atoms with Crippen LogP contribution in [0.2, 0.25) is 0 Å². The maximum Gasteiger partial charge on any atom is 0.211 e. The van der Waals surface area contributed by atoms with Crippen molar-refractivity contribution >= 4 is 12.1 Å². The van der Waals surface area contributed by atoms with Gasteiger partial charge in [-0.1, -0.05) is 56.7 Å². The quantitative estimate of drug-likeness (QED) is 0.658. The standard InChI is InChI=1S/C18H21NO2.C3H9N/c1-2-3-7-15-10-11-18(17(12-15)19-14-20)21-13-16-8-5-4-6-9-16;1-2-3-4/h4-6,8-12,14H,2-3,7,13H2,1H3,(H,19,20);2-4H2,1H3. The molecule has 136 valence electrons. The Bertz CT molecular complexity index is 598. The molecule has 0 aliphatic carbocycles. The van der Waals surface area contributed by atoms with Crippen molar-refractivity contribution in [2.24, 2.45) is 5.73 Å². The number of benzene rings is 2. The van der Waals surface area contributed by atoms with Crippen molar-refractivity contribution in [3.05, 3.63) is 59.7 Å². The second-order valence-electron chi connectivity index (χ2n) is 5.76. The lowest BCUT2D eigenvalue weighted by Crippen LogP contribution is -2.02. The molecule has 25 heavy (non-hydrogen) atoms. The van der Waals surface area contributed by atoms with Crippen LogP contribution in [0.1, 0.15) is 44.2 Å². The summed E-state index contributed by atoms with van der Waals surface area (Å²) in [6.07, 6.45) is 5.10. The number of nitrogens with one attached hydrogen (secondary N) is 1. The van der Waals surface area contributed by atoms with E-state index in [1.807, 2.05) is 42.5 Å². The molecule has 0 atom stereocenters. The van der Waals surface area contributed by atoms with Gasteiger partial charge in [0.05, 0.1) is 5.69 Å². The molecule has 0 radical (unpaired) electrons. The molecule has 0 aliphatic heterocycles. The Labute approximate surface area is 151 Å². The minimum Gasteiger partial charge on any atom is -0.487 e. The summed E-state index contributed by atoms with van der Waals surface area (Å²) in [4.78, 5) is 10.8. The number of amides is 1. The van der Waals surface area contributed by atoms with Gasteiger partial charge < -0.3 is 15.8 Å². The highest BCUT2D eigenvalue weighted by Gasteiger charge is 2.05. The summed E-state index contributed by atoms with van der Waals surface area (Å²) in [6.45, 7) is 5.53. The summed E-state index contributed by atoms with van der Waals surface area (Å²) in [5, 5.41) is 2.72. The van der Waals surface area contributed by atoms with Crippen LogP contribution in [-0.4, -0.2) is 13.0 Å². The van der Waals surface area contributed by atoms with Crippen molar-refractivity contribution in [2.75, 3.05) is 11.9 Å². The third kappa shape index (κ3) is 8.36. The van der Waals surface area contributed by atoms with Crippen LogP contribution in [0.25, 0.3) is 0 Å². The number of hydrogen-bond acceptors (Lipinski definition) is 3. The Morgan fingerprint density at radius 2 is 1.76 bits per heavy atom. The zero-order chi connectivity index (χ0) is 18.3. The van der Waals surface area contributed by atoms with Gasteiger partial charge in [0.2, 0.25) is 6.41 Å². The monoisotopic (exact) mass is 342 g/mol. The van der Waals surface area contributed by atoms with Crippen molar-refractivity contribution in [1.82, 2.24) is 0 Å². The number of rotatable bonds is 9. The summed E-state index contributed by atoms with van der Waals surface area (Å²) >= 11 is 0. The van der Waals surface area contributed by atoms with Crippen LogP contribution in [0, 0.1) is 0 Å². The molecule has 4 nitrogen and oxygen atoms in total. The van der Waals surface area contributed by atoms with E-state index in [1.54, 1.807) is 0 Å². The van der Waals surface area contributed by atoms with Gasteiger partial charge in [-0.25, -0.2) is 0 Å². The predicted octanol–water partition coefficient (Wildman–Crippen LogP) is 4.53. The molecule has 0 bridgehead atoms. The van der Waals surface area contributed by atoms with Gasteiger partial charge in [0.25, 0.3) is 0 Å². The molecule has 2 aromatic rings. The van der Waals surface area contributed by atoms with Gasteiger partial charge in [-0.05, 0) is 49.1 Å². The van der Waals surface area contributed by atoms with Gasteiger partial charge in [0.15, 0.2) is 0 Å². The highest BCUT2D eigenvalue weighted by Crippen LogP contribution is 2.27. The summed E-state index contributed by atoms with van der Waals surface area (Å²) in [6, 6.07) is 16.0. The first-order valence-corrected chi connectivity index (χ1v) is 8.95. The average molecular weight is 342 g/mol. The van der Waals surface area contributed by atoms with Gasteiger partial charge in [0.1, 0.15) is 12.4 Å². The minimum atomic E-state index is 0.489. The summed E-state index contributed by atoms with van der Waals surface area (Å²) in [5.41, 5.74) is 8.08. The van der Waals surface area contributed by atoms with Crippen LogP contribution in [0.15, 0.2) is 48.5 Å². The molecule has 0 unspecified atom stereocenters. The number of hydrogen-bond donors (Lipinski definition) is 2. The molecule has 0 saturated carbocycles. The molecule has 3 N–H and O–H groups in total. The molecule has 0 aromatic heterocycles. The molecule has 2 rings (SSSR count). The third-order valence-corrected chi connectivity index (χ3v) is 3.60. The molecular weight excluding hydrogens is 312 g/mol. The van der Waals surface area contributed by atoms with Crippen molar-refractivity contribution in [1.29, 1.82) is 0 Å². The summed E-state index contributed by atoms with van der Waals surface area (Å²) in [5.74, 6) is 0.700. The Kier molecular flexibility index (Phi) is 10.8. The SMILES string of the molecule is CCCCc1ccc(OCc2ccccc2)c(NC=O)c1.CCCN. The second-order valence-corrected chi connectivity index (χ2v) is 5.76. The van der Waals surface area contributed by atoms with E-state index in [0.717, 1.165) is 43.5 Å². The molecule has 0 heterocycles. The fourth-order valence-electron chi connectivity index (χ4n) is 2.15. The zero-order valence-corrected chi connectivity index (χ0v) is 15.3. The van der Waals surface area contributed by atoms with Crippen molar-refractivity contribution in [3.63, 3.8) is 0 Å². The molecule has 0 fully saturated rings. The van der Waals surface area contributed by atoms with E-state index < -0.39 is 0 Å². The van der Waals surface area contributed by atoms with E-state index in [0.29, 0.717) is 18.8 Å². The Morgan fingerprint density at radius 1 is 1.04 bits per heavy atom. The molecule has 0 saturated heterocycles. The van der Waals surface area contributed by atoms with Gasteiger partial charge >= 0.3 is 0 Å². The van der Waals surface area contributed by atoms with Gasteiger partial charge in [-0.2, -0.15) is 0 Å². The number of ether oxygens (including phenoxy) is 1. The van der Waals surface area contributed by atoms with Crippen LogP contribution >= 0.6 is 0 Å². The van der Waals surface area contributed by atoms with E-state index >= 15 is 0 Å². The average Bonchev–Trinajstić information content (AvgIpc) is 2.67. The molecule has 4 heteroatoms. The van der Waals surface area contributed by atoms with E-state index in [9.17, 15) is 4.79 Å². The van der Waals surface area contributed by atoms with E-state index in [-0.39, 0.29) is 0 Å². The van der Waals surface area contributed by atoms with Crippen LogP contribution in [0.5, 0.6) is 5.75 Å². The lowest BCUT2D eigenvalue weighted by atomic mass is 10.1. The molecule has 2 aromatic carbocycles. The molecular formula is C21H30N2O2. The Morgan fingerprint density at radius 3 is 2.36 bits per heavy atom. The minimum absolute atomic E-state index is 0.489. The highest BCUT2D eigenvalue weighted by atomic mass is 16.5. The number of carbonyl (C=O) groups is 1. The lowest BCUT2D eigenvalue weighted by Gasteiger charge is -2.12. The van der Waals surface area contributed by atoms with Gasteiger partial charge in [-0.3, -0.25) is 4.79 Å². The zero-order valence-electron chi connectivity index (χ0n) is 15.3. The fraction of sp³-hybridized carbons (Fsp3) is 0.381. The predicted molar refractivity (Wildman–Crippen MR) is 105 cm³/mol. The Balaban J connectivity index is 0.000000705. The van der Waals surface area contributed by atoms with Crippen LogP contribution in [0.4, 0.5) is 5.69 Å². The smallest absolute Gasteiger partial charge is 0.211 e. The normalized spacial score (nSPS) is 9.72. The lowest BCUT2D eigenvalue weighted by molar-refractivity contribution is -0.105. The number of anilines is 1. The van der Waals surface area contributed by atoms with E-state index in [2.05, 4.69) is 25.2 Å². The van der Waals surface area contributed by atoms with Crippen LogP contribution < -0.4 is 15.8 Å². The van der Waals surface area contributed by atoms with Crippen LogP contribution in [-0.2, 0) is 17.8 Å². The Hall–Kier alpha value is -2.33. The summed E-state index contributed by atoms with van der Waals surface area (Å²) < 4.78 is 5.81. The number of aryl methyl sites for hydroxylation is 1. The first kappa shape index (κ1) is 20.7. The number of unbranched alkanes of at least 4 members (excludes halogenated alkanes) is 1. The van der Waals surface area contributed by atoms with Gasteiger partial charge in [-0.15, -0.1) is 0 Å². The molecule has 1 amide bonds. The van der Waals surface area contributed by atoms with Gasteiger partial charge in [0, 0.05) is 0 Å². The number of nitrogens with two attached hydrogens (primary N) is 1. The number of carbonyl (C=O) groups excluding carboxylic acids is 1. The third-order valence-electron chi connectivity index (χ3n) is 3.60. The topological polar surface area (TPSA) is 64.3 Å². The maximum absolute atomic E-state index is 10.8.